The minimum atomic E-state index is -0.333. The van der Waals surface area contributed by atoms with Crippen molar-refractivity contribution in [3.05, 3.63) is 31.1 Å². The van der Waals surface area contributed by atoms with Crippen LogP contribution in [0.4, 0.5) is 0 Å². The molecule has 2 fully saturated rings. The first kappa shape index (κ1) is 8.20. The molecule has 0 atom stereocenters. The van der Waals surface area contributed by atoms with Crippen molar-refractivity contribution in [1.82, 2.24) is 0 Å². The quantitative estimate of drug-likeness (QED) is 0.553. The molecule has 0 aromatic carbocycles. The maximum atomic E-state index is 10.5. The lowest BCUT2D eigenvalue weighted by molar-refractivity contribution is -0.106. The summed E-state index contributed by atoms with van der Waals surface area (Å²) in [4.78, 5) is 10.5. The standard InChI is InChI=1S/C9H9O3/c10-6-7-2-1-3-8(7)9-11-4-5-12-9/h1-3,6,9H,4-5H2. The van der Waals surface area contributed by atoms with Gasteiger partial charge in [0.15, 0.2) is 6.29 Å². The van der Waals surface area contributed by atoms with Crippen LogP contribution in [-0.4, -0.2) is 25.8 Å². The molecule has 0 aromatic rings. The molecule has 12 heavy (non-hydrogen) atoms. The van der Waals surface area contributed by atoms with Crippen LogP contribution in [0, 0.1) is 31.1 Å². The summed E-state index contributed by atoms with van der Waals surface area (Å²) in [5.74, 6) is 1.49. The Kier molecular flexibility index (Phi) is 2.42. The van der Waals surface area contributed by atoms with Gasteiger partial charge in [-0.05, 0) is 19.3 Å². The van der Waals surface area contributed by atoms with Crippen LogP contribution in [0.2, 0.25) is 0 Å². The zero-order chi connectivity index (χ0) is 8.39. The second-order valence-electron chi connectivity index (χ2n) is 2.63. The third-order valence-electron chi connectivity index (χ3n) is 1.89. The highest BCUT2D eigenvalue weighted by Crippen LogP contribution is 2.36. The van der Waals surface area contributed by atoms with E-state index in [9.17, 15) is 4.79 Å². The summed E-state index contributed by atoms with van der Waals surface area (Å²) < 4.78 is 10.5. The van der Waals surface area contributed by atoms with E-state index in [1.165, 1.54) is 0 Å². The SMILES string of the molecule is O=C[C]1[CH][CH][CH][C]1C1OCCO1. The van der Waals surface area contributed by atoms with Crippen molar-refractivity contribution in [3.63, 3.8) is 0 Å². The summed E-state index contributed by atoms with van der Waals surface area (Å²) in [5.41, 5.74) is 0. The summed E-state index contributed by atoms with van der Waals surface area (Å²) in [6.07, 6.45) is 5.91. The van der Waals surface area contributed by atoms with Crippen LogP contribution in [0.3, 0.4) is 0 Å². The fourth-order valence-electron chi connectivity index (χ4n) is 1.31. The summed E-state index contributed by atoms with van der Waals surface area (Å²) in [6.45, 7) is 1.21. The second-order valence-corrected chi connectivity index (χ2v) is 2.63. The van der Waals surface area contributed by atoms with Gasteiger partial charge >= 0.3 is 0 Å². The highest BCUT2D eigenvalue weighted by Gasteiger charge is 2.38. The normalized spacial score (nSPS) is 28.3. The molecule has 1 aliphatic heterocycles. The number of carbonyl (C=O) groups is 1. The molecule has 2 aliphatic rings. The molecule has 0 spiro atoms. The zero-order valence-corrected chi connectivity index (χ0v) is 6.53. The van der Waals surface area contributed by atoms with Gasteiger partial charge in [-0.15, -0.1) is 0 Å². The van der Waals surface area contributed by atoms with Crippen LogP contribution in [-0.2, 0) is 14.3 Å². The maximum Gasteiger partial charge on any atom is 0.165 e. The molecular weight excluding hydrogens is 156 g/mol. The minimum absolute atomic E-state index is 0.333. The van der Waals surface area contributed by atoms with Crippen LogP contribution < -0.4 is 0 Å². The molecule has 1 saturated carbocycles. The van der Waals surface area contributed by atoms with Gasteiger partial charge in [-0.1, -0.05) is 0 Å². The van der Waals surface area contributed by atoms with Crippen LogP contribution in [0.5, 0.6) is 0 Å². The third kappa shape index (κ3) is 1.39. The Morgan fingerprint density at radius 1 is 1.33 bits per heavy atom. The molecular formula is C9H9O3. The molecule has 1 heterocycles. The molecule has 0 N–H and O–H groups in total. The number of ether oxygens (including phenoxy) is 2. The van der Waals surface area contributed by atoms with Crippen molar-refractivity contribution in [1.29, 1.82) is 0 Å². The van der Waals surface area contributed by atoms with Crippen LogP contribution in [0.1, 0.15) is 0 Å². The summed E-state index contributed by atoms with van der Waals surface area (Å²) in [5, 5.41) is 0. The smallest absolute Gasteiger partial charge is 0.165 e. The molecule has 1 saturated heterocycles. The predicted molar refractivity (Wildman–Crippen MR) is 41.1 cm³/mol. The molecule has 0 amide bonds. The molecule has 3 nitrogen and oxygen atoms in total. The van der Waals surface area contributed by atoms with Gasteiger partial charge in [0.2, 0.25) is 0 Å². The molecule has 0 bridgehead atoms. The van der Waals surface area contributed by atoms with Crippen molar-refractivity contribution in [3.8, 4) is 0 Å². The van der Waals surface area contributed by atoms with E-state index in [1.54, 1.807) is 6.42 Å². The van der Waals surface area contributed by atoms with Gasteiger partial charge in [0, 0.05) is 0 Å². The average Bonchev–Trinajstić information content (AvgIpc) is 2.74. The van der Waals surface area contributed by atoms with E-state index >= 15 is 0 Å². The lowest BCUT2D eigenvalue weighted by atomic mass is 9.97. The molecule has 0 unspecified atom stereocenters. The Morgan fingerprint density at radius 2 is 2.08 bits per heavy atom. The first-order chi connectivity index (χ1) is 5.92. The van der Waals surface area contributed by atoms with E-state index in [4.69, 9.17) is 9.47 Å². The van der Waals surface area contributed by atoms with Gasteiger partial charge in [-0.2, -0.15) is 0 Å². The van der Waals surface area contributed by atoms with E-state index in [0.29, 0.717) is 19.1 Å². The maximum absolute atomic E-state index is 10.5. The predicted octanol–water partition coefficient (Wildman–Crippen LogP) is 0.334. The summed E-state index contributed by atoms with van der Waals surface area (Å²) in [7, 11) is 0. The van der Waals surface area contributed by atoms with E-state index < -0.39 is 0 Å². The van der Waals surface area contributed by atoms with Gasteiger partial charge in [0.1, 0.15) is 6.29 Å². The van der Waals surface area contributed by atoms with Gasteiger partial charge in [-0.25, -0.2) is 0 Å². The lowest BCUT2D eigenvalue weighted by Gasteiger charge is -2.18. The highest BCUT2D eigenvalue weighted by atomic mass is 16.7. The van der Waals surface area contributed by atoms with E-state index in [2.05, 4.69) is 0 Å². The number of rotatable bonds is 2. The van der Waals surface area contributed by atoms with Gasteiger partial charge in [0.05, 0.1) is 25.0 Å². The molecule has 3 heteroatoms. The first-order valence-electron chi connectivity index (χ1n) is 3.86. The highest BCUT2D eigenvalue weighted by molar-refractivity contribution is 5.81. The first-order valence-corrected chi connectivity index (χ1v) is 3.86. The van der Waals surface area contributed by atoms with Crippen LogP contribution in [0.15, 0.2) is 0 Å². The number of carbonyl (C=O) groups excluding carboxylic acids is 1. The molecule has 5 radical (unpaired) electrons. The van der Waals surface area contributed by atoms with E-state index in [0.717, 1.165) is 12.2 Å². The van der Waals surface area contributed by atoms with Crippen molar-refractivity contribution in [2.24, 2.45) is 0 Å². The van der Waals surface area contributed by atoms with Gasteiger partial charge in [0.25, 0.3) is 0 Å². The molecule has 63 valence electrons. The van der Waals surface area contributed by atoms with Crippen molar-refractivity contribution in [2.75, 3.05) is 13.2 Å². The monoisotopic (exact) mass is 165 g/mol. The fraction of sp³-hybridized carbons (Fsp3) is 0.333. The Balaban J connectivity index is 1.96. The van der Waals surface area contributed by atoms with Crippen molar-refractivity contribution >= 4 is 6.29 Å². The topological polar surface area (TPSA) is 35.5 Å². The Bertz CT molecular complexity index is 163. The van der Waals surface area contributed by atoms with Crippen molar-refractivity contribution < 1.29 is 14.3 Å². The van der Waals surface area contributed by atoms with Gasteiger partial charge < -0.3 is 14.3 Å². The second kappa shape index (κ2) is 3.54. The molecule has 0 aromatic heterocycles. The number of hydrogen-bond acceptors (Lipinski definition) is 3. The van der Waals surface area contributed by atoms with Crippen molar-refractivity contribution in [2.45, 2.75) is 6.29 Å². The summed E-state index contributed by atoms with van der Waals surface area (Å²) >= 11 is 0. The fourth-order valence-corrected chi connectivity index (χ4v) is 1.31. The lowest BCUT2D eigenvalue weighted by Crippen LogP contribution is -2.22. The van der Waals surface area contributed by atoms with Crippen LogP contribution >= 0.6 is 0 Å². The number of hydrogen-bond donors (Lipinski definition) is 0. The van der Waals surface area contributed by atoms with Gasteiger partial charge in [-0.3, -0.25) is 0 Å². The largest absolute Gasteiger partial charge is 0.350 e. The van der Waals surface area contributed by atoms with Crippen LogP contribution in [0.25, 0.3) is 0 Å². The molecule has 1 aliphatic carbocycles. The van der Waals surface area contributed by atoms with E-state index in [-0.39, 0.29) is 6.29 Å². The summed E-state index contributed by atoms with van der Waals surface area (Å²) in [6, 6.07) is 0. The average molecular weight is 165 g/mol. The minimum Gasteiger partial charge on any atom is -0.350 e. The van der Waals surface area contributed by atoms with E-state index in [1.807, 2.05) is 12.8 Å². The molecule has 2 rings (SSSR count). The Labute approximate surface area is 72.0 Å². The number of aldehydes is 1. The Hall–Kier alpha value is -0.410. The third-order valence-corrected chi connectivity index (χ3v) is 1.89. The Morgan fingerprint density at radius 3 is 2.75 bits per heavy atom. The zero-order valence-electron chi connectivity index (χ0n) is 6.53.